The van der Waals surface area contributed by atoms with Gasteiger partial charge < -0.3 is 15.3 Å². The van der Waals surface area contributed by atoms with Crippen molar-refractivity contribution in [1.82, 2.24) is 0 Å². The monoisotopic (exact) mass is 382 g/mol. The van der Waals surface area contributed by atoms with Gasteiger partial charge in [0, 0.05) is 18.4 Å². The maximum absolute atomic E-state index is 14.3. The second-order valence-corrected chi connectivity index (χ2v) is 7.96. The van der Waals surface area contributed by atoms with Gasteiger partial charge in [-0.25, -0.2) is 9.18 Å². The molecule has 0 saturated heterocycles. The van der Waals surface area contributed by atoms with Crippen molar-refractivity contribution in [1.29, 1.82) is 0 Å². The van der Waals surface area contributed by atoms with Gasteiger partial charge in [0.2, 0.25) is 0 Å². The van der Waals surface area contributed by atoms with Crippen molar-refractivity contribution in [3.63, 3.8) is 0 Å². The summed E-state index contributed by atoms with van der Waals surface area (Å²) in [7, 11) is 0. The molecule has 3 N–H and O–H groups in total. The maximum Gasteiger partial charge on any atom is 0.327 e. The first-order chi connectivity index (χ1) is 12.7. The molecule has 6 atom stereocenters. The number of alkyl halides is 1. The van der Waals surface area contributed by atoms with E-state index in [0.717, 1.165) is 25.3 Å². The molecule has 154 valence electrons. The Kier molecular flexibility index (Phi) is 10.6. The van der Waals surface area contributed by atoms with E-state index in [1.807, 2.05) is 20.8 Å². The summed E-state index contributed by atoms with van der Waals surface area (Å²) in [4.78, 5) is 10.4. The van der Waals surface area contributed by atoms with Crippen molar-refractivity contribution < 1.29 is 24.5 Å². The minimum absolute atomic E-state index is 0.0651. The van der Waals surface area contributed by atoms with Gasteiger partial charge in [-0.15, -0.1) is 0 Å². The number of carboxylic acid groups (broad SMARTS) is 1. The molecule has 0 aromatic rings. The minimum atomic E-state index is -1.04. The first-order valence-electron chi connectivity index (χ1n) is 9.93. The van der Waals surface area contributed by atoms with Crippen LogP contribution >= 0.6 is 0 Å². The number of hydrogen-bond donors (Lipinski definition) is 3. The standard InChI is InChI=1S/C22H35FO4/c1-15(2)10-11-16(3)20(24)13-12-18-17(19(23)14-21(18)25)8-6-4-5-7-9-22(26)27/h7,9-10,12-13,16-21,24-25H,4-6,8,11,14H2,1-3H3,(H,26,27)/b9-7+,13-12?/t16?,17-,18-,19-,20-,21-/m1/s1. The summed E-state index contributed by atoms with van der Waals surface area (Å²) in [6, 6.07) is 0. The van der Waals surface area contributed by atoms with Crippen molar-refractivity contribution in [2.24, 2.45) is 17.8 Å². The molecule has 27 heavy (non-hydrogen) atoms. The third-order valence-corrected chi connectivity index (χ3v) is 5.30. The highest BCUT2D eigenvalue weighted by Crippen LogP contribution is 2.39. The van der Waals surface area contributed by atoms with Gasteiger partial charge in [0.05, 0.1) is 12.2 Å². The fraction of sp³-hybridized carbons (Fsp3) is 0.682. The summed E-state index contributed by atoms with van der Waals surface area (Å²) in [5, 5.41) is 29.1. The molecular weight excluding hydrogens is 347 g/mol. The molecule has 0 amide bonds. The summed E-state index contributed by atoms with van der Waals surface area (Å²) in [5.74, 6) is -1.42. The number of aliphatic hydroxyl groups excluding tert-OH is 2. The second kappa shape index (κ2) is 12.1. The van der Waals surface area contributed by atoms with Gasteiger partial charge in [-0.1, -0.05) is 43.2 Å². The molecule has 1 rings (SSSR count). The number of allylic oxidation sites excluding steroid dienone is 3. The van der Waals surface area contributed by atoms with Gasteiger partial charge >= 0.3 is 5.97 Å². The van der Waals surface area contributed by atoms with E-state index in [2.05, 4.69) is 6.08 Å². The topological polar surface area (TPSA) is 77.8 Å². The molecule has 1 aliphatic rings. The van der Waals surface area contributed by atoms with Crippen LogP contribution in [-0.4, -0.2) is 39.7 Å². The Morgan fingerprint density at radius 1 is 1.30 bits per heavy atom. The molecule has 0 aromatic heterocycles. The summed E-state index contributed by atoms with van der Waals surface area (Å²) in [6.07, 6.45) is 9.76. The molecule has 1 unspecified atom stereocenters. The fourth-order valence-corrected chi connectivity index (χ4v) is 3.55. The van der Waals surface area contributed by atoms with Gasteiger partial charge in [0.25, 0.3) is 0 Å². The van der Waals surface area contributed by atoms with E-state index in [9.17, 15) is 19.4 Å². The molecule has 0 heterocycles. The summed E-state index contributed by atoms with van der Waals surface area (Å²) in [6.45, 7) is 6.01. The Bertz CT molecular complexity index is 536. The van der Waals surface area contributed by atoms with Crippen molar-refractivity contribution in [2.45, 2.75) is 77.7 Å². The van der Waals surface area contributed by atoms with Crippen molar-refractivity contribution in [3.8, 4) is 0 Å². The smallest absolute Gasteiger partial charge is 0.327 e. The minimum Gasteiger partial charge on any atom is -0.478 e. The number of aliphatic carboxylic acids is 1. The van der Waals surface area contributed by atoms with Crippen LogP contribution in [0.25, 0.3) is 0 Å². The molecule has 1 aliphatic carbocycles. The van der Waals surface area contributed by atoms with Gasteiger partial charge in [-0.2, -0.15) is 0 Å². The van der Waals surface area contributed by atoms with E-state index in [1.54, 1.807) is 18.2 Å². The molecule has 0 aromatic carbocycles. The average molecular weight is 383 g/mol. The lowest BCUT2D eigenvalue weighted by Crippen LogP contribution is -2.21. The number of carbonyl (C=O) groups is 1. The Hall–Kier alpha value is -1.46. The van der Waals surface area contributed by atoms with Crippen LogP contribution in [0.3, 0.4) is 0 Å². The average Bonchev–Trinajstić information content (AvgIpc) is 2.86. The molecule has 4 nitrogen and oxygen atoms in total. The van der Waals surface area contributed by atoms with E-state index in [0.29, 0.717) is 12.8 Å². The second-order valence-electron chi connectivity index (χ2n) is 7.96. The van der Waals surface area contributed by atoms with Gasteiger partial charge in [0.15, 0.2) is 0 Å². The molecule has 0 radical (unpaired) electrons. The zero-order valence-electron chi connectivity index (χ0n) is 16.7. The van der Waals surface area contributed by atoms with Crippen LogP contribution in [0.15, 0.2) is 36.0 Å². The summed E-state index contributed by atoms with van der Waals surface area (Å²) >= 11 is 0. The maximum atomic E-state index is 14.3. The number of halogens is 1. The molecular formula is C22H35FO4. The van der Waals surface area contributed by atoms with Crippen molar-refractivity contribution in [3.05, 3.63) is 36.0 Å². The Morgan fingerprint density at radius 3 is 2.63 bits per heavy atom. The van der Waals surface area contributed by atoms with Crippen LogP contribution in [-0.2, 0) is 4.79 Å². The summed E-state index contributed by atoms with van der Waals surface area (Å²) in [5.41, 5.74) is 1.21. The number of carboxylic acids is 1. The number of rotatable bonds is 11. The predicted molar refractivity (Wildman–Crippen MR) is 106 cm³/mol. The van der Waals surface area contributed by atoms with Gasteiger partial charge in [-0.05, 0) is 51.4 Å². The molecule has 1 fully saturated rings. The predicted octanol–water partition coefficient (Wildman–Crippen LogP) is 4.43. The van der Waals surface area contributed by atoms with Crippen LogP contribution in [0.4, 0.5) is 4.39 Å². The van der Waals surface area contributed by atoms with Gasteiger partial charge in [-0.3, -0.25) is 0 Å². The van der Waals surface area contributed by atoms with E-state index >= 15 is 0 Å². The number of unbranched alkanes of at least 4 members (excludes halogenated alkanes) is 2. The first kappa shape index (κ1) is 23.6. The Balaban J connectivity index is 2.54. The number of aliphatic hydroxyl groups is 2. The van der Waals surface area contributed by atoms with Crippen molar-refractivity contribution in [2.75, 3.05) is 0 Å². The lowest BCUT2D eigenvalue weighted by molar-refractivity contribution is -0.131. The van der Waals surface area contributed by atoms with Crippen LogP contribution in [0.2, 0.25) is 0 Å². The fourth-order valence-electron chi connectivity index (χ4n) is 3.55. The molecule has 0 spiro atoms. The molecule has 1 saturated carbocycles. The molecule has 5 heteroatoms. The van der Waals surface area contributed by atoms with Gasteiger partial charge in [0.1, 0.15) is 6.17 Å². The largest absolute Gasteiger partial charge is 0.478 e. The number of hydrogen-bond acceptors (Lipinski definition) is 3. The zero-order chi connectivity index (χ0) is 20.4. The van der Waals surface area contributed by atoms with E-state index in [4.69, 9.17) is 5.11 Å². The van der Waals surface area contributed by atoms with Crippen LogP contribution < -0.4 is 0 Å². The van der Waals surface area contributed by atoms with Crippen molar-refractivity contribution >= 4 is 5.97 Å². The summed E-state index contributed by atoms with van der Waals surface area (Å²) < 4.78 is 14.3. The van der Waals surface area contributed by atoms with E-state index in [1.165, 1.54) is 5.57 Å². The Morgan fingerprint density at radius 2 is 2.00 bits per heavy atom. The quantitative estimate of drug-likeness (QED) is 0.281. The highest BCUT2D eigenvalue weighted by Gasteiger charge is 2.40. The third kappa shape index (κ3) is 8.85. The SMILES string of the molecule is CC(C)=CCC(C)[C@H](O)C=C[C@@H]1[C@@H](CCCC/C=C/C(=O)O)[C@H](F)C[C@H]1O. The zero-order valence-corrected chi connectivity index (χ0v) is 16.7. The third-order valence-electron chi connectivity index (χ3n) is 5.30. The molecule has 0 aliphatic heterocycles. The van der Waals surface area contributed by atoms with Crippen LogP contribution in [0, 0.1) is 17.8 Å². The first-order valence-corrected chi connectivity index (χ1v) is 9.93. The lowest BCUT2D eigenvalue weighted by Gasteiger charge is -2.21. The highest BCUT2D eigenvalue weighted by molar-refractivity contribution is 5.79. The van der Waals surface area contributed by atoms with Crippen LogP contribution in [0.1, 0.15) is 59.3 Å². The normalized spacial score (nSPS) is 27.9. The van der Waals surface area contributed by atoms with Crippen LogP contribution in [0.5, 0.6) is 0 Å². The highest BCUT2D eigenvalue weighted by atomic mass is 19.1. The Labute approximate surface area is 162 Å². The van der Waals surface area contributed by atoms with E-state index < -0.39 is 24.3 Å². The lowest BCUT2D eigenvalue weighted by atomic mass is 9.87. The van der Waals surface area contributed by atoms with E-state index in [-0.39, 0.29) is 24.2 Å². The molecule has 0 bridgehead atoms.